The summed E-state index contributed by atoms with van der Waals surface area (Å²) in [5, 5.41) is 15.1. The first-order valence-electron chi connectivity index (χ1n) is 9.65. The van der Waals surface area contributed by atoms with Crippen molar-refractivity contribution >= 4 is 11.7 Å². The van der Waals surface area contributed by atoms with Crippen LogP contribution in [0.3, 0.4) is 0 Å². The van der Waals surface area contributed by atoms with Crippen LogP contribution >= 0.6 is 0 Å². The summed E-state index contributed by atoms with van der Waals surface area (Å²) in [4.78, 5) is 19.4. The summed E-state index contributed by atoms with van der Waals surface area (Å²) in [6.45, 7) is 2.69. The number of aromatic nitrogens is 1. The molecule has 3 rings (SSSR count). The van der Waals surface area contributed by atoms with Gasteiger partial charge in [0.05, 0.1) is 13.3 Å². The Morgan fingerprint density at radius 3 is 2.79 bits per heavy atom. The quantitative estimate of drug-likeness (QED) is 0.683. The maximum Gasteiger partial charge on any atom is 0.319 e. The lowest BCUT2D eigenvalue weighted by Crippen LogP contribution is -2.51. The second kappa shape index (κ2) is 10.1. The molecule has 1 aromatic heterocycles. The van der Waals surface area contributed by atoms with Crippen molar-refractivity contribution in [3.8, 4) is 5.75 Å². The highest BCUT2D eigenvalue weighted by Crippen LogP contribution is 2.27. The highest BCUT2D eigenvalue weighted by molar-refractivity contribution is 5.89. The number of ether oxygens (including phenoxy) is 1. The van der Waals surface area contributed by atoms with Gasteiger partial charge in [-0.25, -0.2) is 4.79 Å². The number of hydrogen-bond donors (Lipinski definition) is 3. The number of nitrogens with one attached hydrogen (secondary N) is 2. The van der Waals surface area contributed by atoms with E-state index in [1.807, 2.05) is 42.5 Å². The topological polar surface area (TPSA) is 86.7 Å². The molecule has 28 heavy (non-hydrogen) atoms. The van der Waals surface area contributed by atoms with E-state index in [1.54, 1.807) is 13.3 Å². The van der Waals surface area contributed by atoms with E-state index < -0.39 is 0 Å². The summed E-state index contributed by atoms with van der Waals surface area (Å²) in [7, 11) is 1.62. The van der Waals surface area contributed by atoms with Crippen LogP contribution in [0.4, 0.5) is 10.5 Å². The Hall–Kier alpha value is -2.64. The average Bonchev–Trinajstić information content (AvgIpc) is 2.73. The molecule has 7 heteroatoms. The minimum Gasteiger partial charge on any atom is -0.495 e. The molecular weight excluding hydrogens is 356 g/mol. The van der Waals surface area contributed by atoms with Gasteiger partial charge < -0.3 is 25.4 Å². The number of anilines is 1. The maximum atomic E-state index is 12.5. The molecule has 3 N–H and O–H groups in total. The molecule has 0 spiro atoms. The highest BCUT2D eigenvalue weighted by Gasteiger charge is 2.32. The van der Waals surface area contributed by atoms with Crippen LogP contribution in [0.2, 0.25) is 0 Å². The van der Waals surface area contributed by atoms with Crippen molar-refractivity contribution < 1.29 is 14.6 Å². The van der Waals surface area contributed by atoms with E-state index >= 15 is 0 Å². The number of hydrogen-bond acceptors (Lipinski definition) is 5. The van der Waals surface area contributed by atoms with E-state index in [2.05, 4.69) is 20.5 Å². The molecule has 150 valence electrons. The summed E-state index contributed by atoms with van der Waals surface area (Å²) in [5.74, 6) is 0.780. The molecule has 7 nitrogen and oxygen atoms in total. The number of para-hydroxylation sites is 1. The van der Waals surface area contributed by atoms with Gasteiger partial charge >= 0.3 is 6.03 Å². The minimum atomic E-state index is -0.210. The van der Waals surface area contributed by atoms with Crippen molar-refractivity contribution in [3.05, 3.63) is 54.4 Å². The van der Waals surface area contributed by atoms with Crippen molar-refractivity contribution in [3.63, 3.8) is 0 Å². The van der Waals surface area contributed by atoms with Crippen LogP contribution in [-0.2, 0) is 0 Å². The van der Waals surface area contributed by atoms with Crippen molar-refractivity contribution in [1.82, 2.24) is 15.2 Å². The predicted molar refractivity (Wildman–Crippen MR) is 109 cm³/mol. The number of urea groups is 1. The fourth-order valence-corrected chi connectivity index (χ4v) is 3.58. The maximum absolute atomic E-state index is 12.5. The van der Waals surface area contributed by atoms with Gasteiger partial charge in [0.1, 0.15) is 5.75 Å². The first-order valence-corrected chi connectivity index (χ1v) is 9.65. The molecule has 1 aliphatic heterocycles. The van der Waals surface area contributed by atoms with Crippen LogP contribution in [0.15, 0.2) is 48.7 Å². The first-order chi connectivity index (χ1) is 13.7. The van der Waals surface area contributed by atoms with Gasteiger partial charge in [-0.1, -0.05) is 18.2 Å². The monoisotopic (exact) mass is 384 g/mol. The SMILES string of the molecule is COc1ccc([C@@H]2CN(CCCO)CC[C@H]2NC(=O)Nc2ccccc2)nc1. The Balaban J connectivity index is 1.70. The number of methoxy groups -OCH3 is 1. The Morgan fingerprint density at radius 2 is 2.11 bits per heavy atom. The zero-order chi connectivity index (χ0) is 19.8. The molecule has 1 fully saturated rings. The standard InChI is InChI=1S/C21H28N4O3/c1-28-17-8-9-19(22-14-17)18-15-25(11-5-13-26)12-10-20(18)24-21(27)23-16-6-3-2-4-7-16/h2-4,6-9,14,18,20,26H,5,10-13,15H2,1H3,(H2,23,24,27)/t18-,20+/m0/s1. The minimum absolute atomic E-state index is 0.0185. The summed E-state index contributed by atoms with van der Waals surface area (Å²) >= 11 is 0. The molecule has 2 atom stereocenters. The summed E-state index contributed by atoms with van der Waals surface area (Å²) in [6, 6.07) is 13.0. The third-order valence-electron chi connectivity index (χ3n) is 5.05. The number of carbonyl (C=O) groups is 1. The largest absolute Gasteiger partial charge is 0.495 e. The lowest BCUT2D eigenvalue weighted by molar-refractivity contribution is 0.159. The van der Waals surface area contributed by atoms with Gasteiger partial charge in [0.25, 0.3) is 0 Å². The Bertz CT molecular complexity index is 739. The van der Waals surface area contributed by atoms with Gasteiger partial charge in [-0.15, -0.1) is 0 Å². The smallest absolute Gasteiger partial charge is 0.319 e. The van der Waals surface area contributed by atoms with E-state index in [1.165, 1.54) is 0 Å². The van der Waals surface area contributed by atoms with Gasteiger partial charge in [0.2, 0.25) is 0 Å². The van der Waals surface area contributed by atoms with Crippen LogP contribution in [-0.4, -0.2) is 60.4 Å². The molecular formula is C21H28N4O3. The molecule has 1 aliphatic rings. The molecule has 0 aliphatic carbocycles. The van der Waals surface area contributed by atoms with E-state index in [0.717, 1.165) is 43.9 Å². The van der Waals surface area contributed by atoms with Gasteiger partial charge in [-0.05, 0) is 37.1 Å². The third kappa shape index (κ3) is 5.43. The van der Waals surface area contributed by atoms with Gasteiger partial charge in [-0.3, -0.25) is 4.98 Å². The number of aliphatic hydroxyl groups is 1. The van der Waals surface area contributed by atoms with Crippen LogP contribution in [0, 0.1) is 0 Å². The molecule has 2 amide bonds. The lowest BCUT2D eigenvalue weighted by Gasteiger charge is -2.38. The van der Waals surface area contributed by atoms with E-state index in [4.69, 9.17) is 9.84 Å². The fraction of sp³-hybridized carbons (Fsp3) is 0.429. The third-order valence-corrected chi connectivity index (χ3v) is 5.05. The molecule has 1 saturated heterocycles. The first kappa shape index (κ1) is 20.1. The van der Waals surface area contributed by atoms with Crippen LogP contribution in [0.5, 0.6) is 5.75 Å². The van der Waals surface area contributed by atoms with Gasteiger partial charge in [-0.2, -0.15) is 0 Å². The molecule has 0 saturated carbocycles. The molecule has 2 aromatic rings. The summed E-state index contributed by atoms with van der Waals surface area (Å²) in [5.41, 5.74) is 1.69. The van der Waals surface area contributed by atoms with Crippen molar-refractivity contribution in [2.45, 2.75) is 24.8 Å². The van der Waals surface area contributed by atoms with Crippen LogP contribution < -0.4 is 15.4 Å². The number of carbonyl (C=O) groups excluding carboxylic acids is 1. The van der Waals surface area contributed by atoms with Crippen molar-refractivity contribution in [1.29, 1.82) is 0 Å². The second-order valence-corrected chi connectivity index (χ2v) is 6.97. The number of amides is 2. The number of pyridine rings is 1. The zero-order valence-corrected chi connectivity index (χ0v) is 16.2. The Labute approximate surface area is 165 Å². The van der Waals surface area contributed by atoms with Gasteiger partial charge in [0.15, 0.2) is 0 Å². The second-order valence-electron chi connectivity index (χ2n) is 6.97. The highest BCUT2D eigenvalue weighted by atomic mass is 16.5. The Kier molecular flexibility index (Phi) is 7.22. The van der Waals surface area contributed by atoms with Gasteiger partial charge in [0, 0.05) is 49.6 Å². The molecule has 0 bridgehead atoms. The normalized spacial score (nSPS) is 19.8. The van der Waals surface area contributed by atoms with Crippen LogP contribution in [0.25, 0.3) is 0 Å². The molecule has 0 radical (unpaired) electrons. The molecule has 1 aromatic carbocycles. The van der Waals surface area contributed by atoms with E-state index in [0.29, 0.717) is 5.75 Å². The number of benzene rings is 1. The fourth-order valence-electron chi connectivity index (χ4n) is 3.58. The van der Waals surface area contributed by atoms with E-state index in [9.17, 15) is 4.79 Å². The number of rotatable bonds is 7. The van der Waals surface area contributed by atoms with Crippen LogP contribution in [0.1, 0.15) is 24.5 Å². The molecule has 2 heterocycles. The zero-order valence-electron chi connectivity index (χ0n) is 16.2. The average molecular weight is 384 g/mol. The number of likely N-dealkylation sites (tertiary alicyclic amines) is 1. The van der Waals surface area contributed by atoms with Crippen molar-refractivity contribution in [2.75, 3.05) is 38.7 Å². The number of piperidine rings is 1. The predicted octanol–water partition coefficient (Wildman–Crippen LogP) is 2.45. The lowest BCUT2D eigenvalue weighted by atomic mass is 9.88. The van der Waals surface area contributed by atoms with E-state index in [-0.39, 0.29) is 24.6 Å². The Morgan fingerprint density at radius 1 is 1.29 bits per heavy atom. The summed E-state index contributed by atoms with van der Waals surface area (Å²) in [6.07, 6.45) is 3.28. The number of nitrogens with zero attached hydrogens (tertiary/aromatic N) is 2. The molecule has 0 unspecified atom stereocenters. The number of aliphatic hydroxyl groups excluding tert-OH is 1. The van der Waals surface area contributed by atoms with Crippen molar-refractivity contribution in [2.24, 2.45) is 0 Å². The summed E-state index contributed by atoms with van der Waals surface area (Å²) < 4.78 is 5.21.